The van der Waals surface area contributed by atoms with Gasteiger partial charge in [0.2, 0.25) is 0 Å². The maximum absolute atomic E-state index is 17.1. The first-order valence-electron chi connectivity index (χ1n) is 11.8. The molecule has 5 rings (SSSR count). The lowest BCUT2D eigenvalue weighted by atomic mass is 9.45. The number of aliphatic hydroxyl groups excluding tert-OH is 1. The first-order chi connectivity index (χ1) is 15.4. The molecule has 0 spiro atoms. The highest BCUT2D eigenvalue weighted by Crippen LogP contribution is 2.70. The third-order valence-corrected chi connectivity index (χ3v) is 10.6. The number of alkyl halides is 2. The summed E-state index contributed by atoms with van der Waals surface area (Å²) in [6.45, 7) is 5.75. The Labute approximate surface area is 196 Å². The zero-order chi connectivity index (χ0) is 23.9. The Morgan fingerprint density at radius 1 is 1.24 bits per heavy atom. The zero-order valence-corrected chi connectivity index (χ0v) is 19.9. The number of cyclic esters (lactones) is 1. The SMILES string of the molecule is C[C@@H]1CC2C3C[C@H](F)C4=CC(=O)C=CC4(C)[C@@]3(F)C(O)CC2(C)C1C(=O)S[C@H]1CCOC1=O. The minimum Gasteiger partial charge on any atom is -0.465 e. The van der Waals surface area contributed by atoms with Gasteiger partial charge < -0.3 is 9.84 Å². The van der Waals surface area contributed by atoms with Gasteiger partial charge in [-0.25, -0.2) is 8.78 Å². The molecule has 180 valence electrons. The van der Waals surface area contributed by atoms with E-state index in [0.717, 1.165) is 11.8 Å². The number of esters is 1. The number of fused-ring (bicyclic) bond motifs is 5. The number of hydrogen-bond acceptors (Lipinski definition) is 6. The molecule has 33 heavy (non-hydrogen) atoms. The maximum atomic E-state index is 17.1. The Hall–Kier alpha value is -1.54. The largest absolute Gasteiger partial charge is 0.465 e. The fourth-order valence-corrected chi connectivity index (χ4v) is 9.18. The van der Waals surface area contributed by atoms with E-state index in [1.807, 2.05) is 13.8 Å². The summed E-state index contributed by atoms with van der Waals surface area (Å²) < 4.78 is 37.5. The van der Waals surface area contributed by atoms with Gasteiger partial charge in [-0.15, -0.1) is 0 Å². The molecule has 6 unspecified atom stereocenters. The van der Waals surface area contributed by atoms with Crippen molar-refractivity contribution >= 4 is 28.6 Å². The zero-order valence-electron chi connectivity index (χ0n) is 19.1. The van der Waals surface area contributed by atoms with Gasteiger partial charge in [-0.3, -0.25) is 14.4 Å². The molecule has 0 radical (unpaired) electrons. The minimum absolute atomic E-state index is 0.0721. The Morgan fingerprint density at radius 2 is 1.97 bits per heavy atom. The number of allylic oxidation sites excluding steroid dienone is 4. The Morgan fingerprint density at radius 3 is 2.64 bits per heavy atom. The molecule has 1 heterocycles. The highest BCUT2D eigenvalue weighted by atomic mass is 32.2. The topological polar surface area (TPSA) is 80.7 Å². The highest BCUT2D eigenvalue weighted by Gasteiger charge is 2.73. The van der Waals surface area contributed by atoms with Crippen LogP contribution in [0.25, 0.3) is 0 Å². The van der Waals surface area contributed by atoms with Crippen LogP contribution in [0.3, 0.4) is 0 Å². The predicted octanol–water partition coefficient (Wildman–Crippen LogP) is 3.74. The third-order valence-electron chi connectivity index (χ3n) is 9.37. The van der Waals surface area contributed by atoms with Gasteiger partial charge >= 0.3 is 5.97 Å². The van der Waals surface area contributed by atoms with E-state index in [2.05, 4.69) is 0 Å². The molecular formula is C25H30F2O5S. The quantitative estimate of drug-likeness (QED) is 0.607. The number of halogens is 2. The molecule has 1 saturated heterocycles. The number of aliphatic hydroxyl groups is 1. The van der Waals surface area contributed by atoms with Crippen LogP contribution in [-0.2, 0) is 19.1 Å². The molecule has 4 aliphatic carbocycles. The normalized spacial score (nSPS) is 50.8. The molecule has 1 N–H and O–H groups in total. The van der Waals surface area contributed by atoms with Crippen LogP contribution in [0.5, 0.6) is 0 Å². The van der Waals surface area contributed by atoms with Crippen molar-refractivity contribution in [2.75, 3.05) is 6.61 Å². The van der Waals surface area contributed by atoms with E-state index in [9.17, 15) is 19.5 Å². The number of rotatable bonds is 2. The molecule has 0 aromatic carbocycles. The summed E-state index contributed by atoms with van der Waals surface area (Å²) in [6.07, 6.45) is 1.97. The van der Waals surface area contributed by atoms with Gasteiger partial charge in [0, 0.05) is 23.7 Å². The summed E-state index contributed by atoms with van der Waals surface area (Å²) in [5.74, 6) is -2.39. The molecule has 0 aromatic heterocycles. The summed E-state index contributed by atoms with van der Waals surface area (Å²) in [6, 6.07) is 0. The van der Waals surface area contributed by atoms with Crippen molar-refractivity contribution in [3.63, 3.8) is 0 Å². The maximum Gasteiger partial charge on any atom is 0.319 e. The van der Waals surface area contributed by atoms with Crippen molar-refractivity contribution in [1.82, 2.24) is 0 Å². The molecule has 4 fully saturated rings. The second-order valence-electron chi connectivity index (χ2n) is 11.0. The average molecular weight is 481 g/mol. The van der Waals surface area contributed by atoms with Crippen molar-refractivity contribution in [2.24, 2.45) is 34.5 Å². The molecular weight excluding hydrogens is 450 g/mol. The number of ether oxygens (including phenoxy) is 1. The van der Waals surface area contributed by atoms with Gasteiger partial charge in [0.1, 0.15) is 11.4 Å². The van der Waals surface area contributed by atoms with Crippen molar-refractivity contribution in [1.29, 1.82) is 0 Å². The van der Waals surface area contributed by atoms with E-state index in [-0.39, 0.29) is 47.1 Å². The second kappa shape index (κ2) is 7.48. The van der Waals surface area contributed by atoms with Crippen LogP contribution in [0.1, 0.15) is 46.5 Å². The van der Waals surface area contributed by atoms with Crippen LogP contribution in [0.2, 0.25) is 0 Å². The minimum atomic E-state index is -2.14. The van der Waals surface area contributed by atoms with Crippen LogP contribution in [0, 0.1) is 34.5 Å². The standard InChI is InChI=1S/C25H30F2O5S/c1-12-8-14-15-10-17(26)16-9-13(28)4-6-24(16,3)25(15,27)19(29)11-23(14,2)20(12)22(31)33-18-5-7-32-21(18)30/h4,6,9,12,14-15,17-20,29H,5,7-8,10-11H2,1-3H3/t12-,14?,15?,17+,18+,19?,20?,23?,24?,25+/m1/s1. The lowest BCUT2D eigenvalue weighted by molar-refractivity contribution is -0.201. The van der Waals surface area contributed by atoms with E-state index >= 15 is 8.78 Å². The summed E-state index contributed by atoms with van der Waals surface area (Å²) in [4.78, 5) is 37.2. The number of ketones is 1. The first-order valence-corrected chi connectivity index (χ1v) is 12.6. The van der Waals surface area contributed by atoms with Crippen LogP contribution < -0.4 is 0 Å². The van der Waals surface area contributed by atoms with E-state index in [1.54, 1.807) is 6.92 Å². The molecule has 3 saturated carbocycles. The summed E-state index contributed by atoms with van der Waals surface area (Å²) >= 11 is 0.998. The van der Waals surface area contributed by atoms with E-state index in [1.165, 1.54) is 18.2 Å². The van der Waals surface area contributed by atoms with Gasteiger partial charge in [0.15, 0.2) is 16.6 Å². The number of carbonyl (C=O) groups excluding carboxylic acids is 3. The van der Waals surface area contributed by atoms with Crippen LogP contribution in [0.15, 0.2) is 23.8 Å². The second-order valence-corrected chi connectivity index (χ2v) is 12.2. The Bertz CT molecular complexity index is 980. The highest BCUT2D eigenvalue weighted by molar-refractivity contribution is 8.14. The predicted molar refractivity (Wildman–Crippen MR) is 119 cm³/mol. The molecule has 0 bridgehead atoms. The van der Waals surface area contributed by atoms with E-state index < -0.39 is 45.9 Å². The lowest BCUT2D eigenvalue weighted by Gasteiger charge is -2.62. The molecule has 0 amide bonds. The van der Waals surface area contributed by atoms with Crippen molar-refractivity contribution in [2.45, 2.75) is 69.6 Å². The molecule has 0 aromatic rings. The molecule has 5 aliphatic rings. The molecule has 8 heteroatoms. The lowest BCUT2D eigenvalue weighted by Crippen LogP contribution is -2.68. The van der Waals surface area contributed by atoms with Crippen molar-refractivity contribution in [3.8, 4) is 0 Å². The molecule has 5 nitrogen and oxygen atoms in total. The van der Waals surface area contributed by atoms with Crippen molar-refractivity contribution < 1.29 is 33.0 Å². The molecule has 1 aliphatic heterocycles. The number of carbonyl (C=O) groups is 3. The fourth-order valence-electron chi connectivity index (χ4n) is 7.87. The van der Waals surface area contributed by atoms with E-state index in [0.29, 0.717) is 19.4 Å². The smallest absolute Gasteiger partial charge is 0.319 e. The summed E-state index contributed by atoms with van der Waals surface area (Å²) in [7, 11) is 0. The van der Waals surface area contributed by atoms with Crippen LogP contribution in [-0.4, -0.2) is 51.8 Å². The van der Waals surface area contributed by atoms with Crippen molar-refractivity contribution in [3.05, 3.63) is 23.8 Å². The number of thioether (sulfide) groups is 1. The summed E-state index contributed by atoms with van der Waals surface area (Å²) in [5.41, 5.74) is -4.16. The fraction of sp³-hybridized carbons (Fsp3) is 0.720. The Balaban J connectivity index is 1.51. The van der Waals surface area contributed by atoms with Gasteiger partial charge in [-0.1, -0.05) is 31.7 Å². The number of hydrogen-bond donors (Lipinski definition) is 1. The third kappa shape index (κ3) is 3.01. The van der Waals surface area contributed by atoms with Gasteiger partial charge in [0.25, 0.3) is 0 Å². The Kier molecular flexibility index (Phi) is 5.26. The van der Waals surface area contributed by atoms with Crippen LogP contribution in [0.4, 0.5) is 8.78 Å². The van der Waals surface area contributed by atoms with Crippen LogP contribution >= 0.6 is 11.8 Å². The monoisotopic (exact) mass is 480 g/mol. The molecule has 10 atom stereocenters. The van der Waals surface area contributed by atoms with E-state index in [4.69, 9.17) is 4.74 Å². The van der Waals surface area contributed by atoms with Gasteiger partial charge in [-0.2, -0.15) is 0 Å². The average Bonchev–Trinajstić information content (AvgIpc) is 3.25. The summed E-state index contributed by atoms with van der Waals surface area (Å²) in [5, 5.41) is 10.7. The van der Waals surface area contributed by atoms with Gasteiger partial charge in [-0.05, 0) is 61.2 Å². The first kappa shape index (κ1) is 23.2. The van der Waals surface area contributed by atoms with Gasteiger partial charge in [0.05, 0.1) is 12.7 Å².